The molecule has 0 spiro atoms. The maximum Gasteiger partial charge on any atom is 0.358 e. The van der Waals surface area contributed by atoms with Crippen molar-refractivity contribution >= 4 is 5.97 Å². The molecule has 0 fully saturated rings. The molecule has 0 aliphatic carbocycles. The zero-order valence-electron chi connectivity index (χ0n) is 7.76. The van der Waals surface area contributed by atoms with Gasteiger partial charge in [-0.15, -0.1) is 5.10 Å². The van der Waals surface area contributed by atoms with Crippen LogP contribution in [0.5, 0.6) is 0 Å². The Morgan fingerprint density at radius 1 is 1.38 bits per heavy atom. The van der Waals surface area contributed by atoms with E-state index < -0.39 is 17.6 Å². The van der Waals surface area contributed by atoms with E-state index in [1.54, 1.807) is 0 Å². The van der Waals surface area contributed by atoms with Gasteiger partial charge in [-0.2, -0.15) is 0 Å². The summed E-state index contributed by atoms with van der Waals surface area (Å²) in [4.78, 5) is 10.5. The van der Waals surface area contributed by atoms with Crippen LogP contribution in [0.1, 0.15) is 10.5 Å². The van der Waals surface area contributed by atoms with Crippen LogP contribution in [-0.2, 0) is 0 Å². The summed E-state index contributed by atoms with van der Waals surface area (Å²) in [5, 5.41) is 15.3. The van der Waals surface area contributed by atoms with E-state index in [9.17, 15) is 13.6 Å². The van der Waals surface area contributed by atoms with Crippen LogP contribution in [0.25, 0.3) is 5.69 Å². The Morgan fingerprint density at radius 2 is 2.12 bits per heavy atom. The number of carbonyl (C=O) groups is 1. The maximum absolute atomic E-state index is 13.3. The summed E-state index contributed by atoms with van der Waals surface area (Å²) in [5.74, 6) is -2.66. The van der Waals surface area contributed by atoms with E-state index in [0.29, 0.717) is 0 Å². The van der Waals surface area contributed by atoms with Gasteiger partial charge in [0.05, 0.1) is 6.20 Å². The summed E-state index contributed by atoms with van der Waals surface area (Å²) >= 11 is 0. The first kappa shape index (κ1) is 10.2. The van der Waals surface area contributed by atoms with Gasteiger partial charge < -0.3 is 5.11 Å². The quantitative estimate of drug-likeness (QED) is 0.834. The van der Waals surface area contributed by atoms with Crippen LogP contribution in [0, 0.1) is 11.6 Å². The second-order valence-corrected chi connectivity index (χ2v) is 2.95. The summed E-state index contributed by atoms with van der Waals surface area (Å²) in [6.07, 6.45) is 1.00. The minimum atomic E-state index is -1.29. The van der Waals surface area contributed by atoms with Gasteiger partial charge in [-0.1, -0.05) is 5.21 Å². The lowest BCUT2D eigenvalue weighted by Crippen LogP contribution is -1.99. The number of aromatic carboxylic acids is 1. The molecule has 0 radical (unpaired) electrons. The fraction of sp³-hybridized carbons (Fsp3) is 0. The lowest BCUT2D eigenvalue weighted by molar-refractivity contribution is 0.0690. The van der Waals surface area contributed by atoms with Crippen molar-refractivity contribution in [3.63, 3.8) is 0 Å². The van der Waals surface area contributed by atoms with Crippen LogP contribution in [0.3, 0.4) is 0 Å². The Labute approximate surface area is 87.9 Å². The number of hydrogen-bond acceptors (Lipinski definition) is 3. The number of benzene rings is 1. The van der Waals surface area contributed by atoms with Gasteiger partial charge >= 0.3 is 5.97 Å². The zero-order chi connectivity index (χ0) is 11.7. The Hall–Kier alpha value is -2.31. The summed E-state index contributed by atoms with van der Waals surface area (Å²) in [6.45, 7) is 0. The lowest BCUT2D eigenvalue weighted by atomic mass is 10.3. The molecule has 1 N–H and O–H groups in total. The van der Waals surface area contributed by atoms with Crippen LogP contribution >= 0.6 is 0 Å². The van der Waals surface area contributed by atoms with Crippen molar-refractivity contribution in [2.45, 2.75) is 0 Å². The molecular weight excluding hydrogens is 220 g/mol. The summed E-state index contributed by atoms with van der Waals surface area (Å²) in [5.41, 5.74) is -0.538. The monoisotopic (exact) mass is 225 g/mol. The van der Waals surface area contributed by atoms with E-state index in [2.05, 4.69) is 10.3 Å². The van der Waals surface area contributed by atoms with Gasteiger partial charge in [0.15, 0.2) is 5.69 Å². The molecule has 82 valence electrons. The Morgan fingerprint density at radius 3 is 2.75 bits per heavy atom. The molecule has 2 rings (SSSR count). The average molecular weight is 225 g/mol. The SMILES string of the molecule is O=C(O)c1cn(-c2cc(F)ccc2F)nn1. The minimum absolute atomic E-state index is 0.194. The number of rotatable bonds is 2. The largest absolute Gasteiger partial charge is 0.476 e. The van der Waals surface area contributed by atoms with Crippen molar-refractivity contribution in [1.29, 1.82) is 0 Å². The molecule has 0 aliphatic heterocycles. The number of aromatic nitrogens is 3. The Balaban J connectivity index is 2.50. The van der Waals surface area contributed by atoms with Crippen LogP contribution in [0.4, 0.5) is 8.78 Å². The second-order valence-electron chi connectivity index (χ2n) is 2.95. The maximum atomic E-state index is 13.3. The molecule has 0 amide bonds. The molecule has 1 aromatic heterocycles. The van der Waals surface area contributed by atoms with Crippen molar-refractivity contribution < 1.29 is 18.7 Å². The number of hydrogen-bond donors (Lipinski definition) is 1. The highest BCUT2D eigenvalue weighted by atomic mass is 19.1. The minimum Gasteiger partial charge on any atom is -0.476 e. The Bertz CT molecular complexity index is 553. The van der Waals surface area contributed by atoms with Gasteiger partial charge in [0.25, 0.3) is 0 Å². The molecule has 0 aliphatic rings. The Kier molecular flexibility index (Phi) is 2.35. The molecule has 1 heterocycles. The first-order valence-corrected chi connectivity index (χ1v) is 4.19. The third-order valence-electron chi connectivity index (χ3n) is 1.87. The fourth-order valence-corrected chi connectivity index (χ4v) is 1.14. The summed E-state index contributed by atoms with van der Waals surface area (Å²) < 4.78 is 27.0. The molecule has 2 aromatic rings. The van der Waals surface area contributed by atoms with Gasteiger partial charge in [-0.3, -0.25) is 0 Å². The van der Waals surface area contributed by atoms with Crippen molar-refractivity contribution in [3.05, 3.63) is 41.7 Å². The normalized spacial score (nSPS) is 10.4. The van der Waals surface area contributed by atoms with Crippen molar-refractivity contribution in [3.8, 4) is 5.69 Å². The van der Waals surface area contributed by atoms with Gasteiger partial charge in [-0.05, 0) is 12.1 Å². The molecule has 16 heavy (non-hydrogen) atoms. The fourth-order valence-electron chi connectivity index (χ4n) is 1.14. The van der Waals surface area contributed by atoms with E-state index in [0.717, 1.165) is 29.1 Å². The third kappa shape index (κ3) is 1.74. The van der Waals surface area contributed by atoms with Gasteiger partial charge in [0.1, 0.15) is 17.3 Å². The number of nitrogens with zero attached hydrogens (tertiary/aromatic N) is 3. The predicted octanol–water partition coefficient (Wildman–Crippen LogP) is 1.24. The van der Waals surface area contributed by atoms with E-state index in [1.165, 1.54) is 0 Å². The molecule has 0 atom stereocenters. The van der Waals surface area contributed by atoms with Crippen molar-refractivity contribution in [2.24, 2.45) is 0 Å². The van der Waals surface area contributed by atoms with Crippen molar-refractivity contribution in [2.75, 3.05) is 0 Å². The number of carboxylic acid groups (broad SMARTS) is 1. The highest BCUT2D eigenvalue weighted by molar-refractivity contribution is 5.84. The van der Waals surface area contributed by atoms with E-state index >= 15 is 0 Å². The molecule has 0 bridgehead atoms. The highest BCUT2D eigenvalue weighted by Crippen LogP contribution is 2.13. The molecular formula is C9H5F2N3O2. The van der Waals surface area contributed by atoms with Crippen molar-refractivity contribution in [1.82, 2.24) is 15.0 Å². The topological polar surface area (TPSA) is 68.0 Å². The smallest absolute Gasteiger partial charge is 0.358 e. The molecule has 0 unspecified atom stereocenters. The average Bonchev–Trinajstić information content (AvgIpc) is 2.70. The van der Waals surface area contributed by atoms with E-state index in [-0.39, 0.29) is 11.4 Å². The number of carboxylic acids is 1. The summed E-state index contributed by atoms with van der Waals surface area (Å²) in [7, 11) is 0. The van der Waals surface area contributed by atoms with Gasteiger partial charge in [-0.25, -0.2) is 18.3 Å². The number of halogens is 2. The van der Waals surface area contributed by atoms with E-state index in [4.69, 9.17) is 5.11 Å². The van der Waals surface area contributed by atoms with Gasteiger partial charge in [0, 0.05) is 6.07 Å². The molecule has 1 aromatic carbocycles. The van der Waals surface area contributed by atoms with Gasteiger partial charge in [0.2, 0.25) is 0 Å². The molecule has 5 nitrogen and oxygen atoms in total. The first-order chi connectivity index (χ1) is 7.58. The highest BCUT2D eigenvalue weighted by Gasteiger charge is 2.12. The van der Waals surface area contributed by atoms with Crippen LogP contribution < -0.4 is 0 Å². The molecule has 7 heteroatoms. The standard InChI is InChI=1S/C9H5F2N3O2/c10-5-1-2-6(11)8(3-5)14-4-7(9(15)16)12-13-14/h1-4H,(H,15,16). The molecule has 0 saturated carbocycles. The zero-order valence-corrected chi connectivity index (χ0v) is 7.76. The van der Waals surface area contributed by atoms with E-state index in [1.807, 2.05) is 0 Å². The first-order valence-electron chi connectivity index (χ1n) is 4.19. The lowest BCUT2D eigenvalue weighted by Gasteiger charge is -2.00. The molecule has 0 saturated heterocycles. The third-order valence-corrected chi connectivity index (χ3v) is 1.87. The second kappa shape index (κ2) is 3.69. The van der Waals surface area contributed by atoms with Crippen LogP contribution in [0.2, 0.25) is 0 Å². The summed E-state index contributed by atoms with van der Waals surface area (Å²) in [6, 6.07) is 2.77. The van der Waals surface area contributed by atoms with Crippen LogP contribution in [0.15, 0.2) is 24.4 Å². The van der Waals surface area contributed by atoms with Crippen LogP contribution in [-0.4, -0.2) is 26.1 Å². The predicted molar refractivity (Wildman–Crippen MR) is 48.2 cm³/mol.